The second kappa shape index (κ2) is 8.71. The molecular formula is C18H26O3. The molecule has 0 atom stereocenters. The van der Waals surface area contributed by atoms with Crippen molar-refractivity contribution in [2.24, 2.45) is 5.92 Å². The van der Waals surface area contributed by atoms with E-state index in [0.29, 0.717) is 13.0 Å². The number of carbonyl (C=O) groups is 1. The van der Waals surface area contributed by atoms with Crippen molar-refractivity contribution < 1.29 is 14.3 Å². The number of unbranched alkanes of at least 4 members (excludes halogenated alkanes) is 1. The van der Waals surface area contributed by atoms with E-state index in [1.54, 1.807) is 0 Å². The van der Waals surface area contributed by atoms with Crippen LogP contribution in [0.15, 0.2) is 24.3 Å². The minimum Gasteiger partial charge on any atom is -0.494 e. The fraction of sp³-hybridized carbons (Fsp3) is 0.611. The lowest BCUT2D eigenvalue weighted by Gasteiger charge is -2.07. The van der Waals surface area contributed by atoms with E-state index >= 15 is 0 Å². The number of carbonyl (C=O) groups excluding carboxylic acids is 1. The van der Waals surface area contributed by atoms with Crippen LogP contribution in [0.2, 0.25) is 0 Å². The van der Waals surface area contributed by atoms with Gasteiger partial charge in [0.1, 0.15) is 5.75 Å². The van der Waals surface area contributed by atoms with Crippen LogP contribution in [0.3, 0.4) is 0 Å². The van der Waals surface area contributed by atoms with E-state index in [1.165, 1.54) is 24.8 Å². The molecule has 1 fully saturated rings. The van der Waals surface area contributed by atoms with Gasteiger partial charge in [0, 0.05) is 6.42 Å². The molecule has 21 heavy (non-hydrogen) atoms. The largest absolute Gasteiger partial charge is 0.494 e. The van der Waals surface area contributed by atoms with Gasteiger partial charge in [0.25, 0.3) is 0 Å². The molecule has 1 aromatic carbocycles. The number of hydrogen-bond donors (Lipinski definition) is 0. The fourth-order valence-corrected chi connectivity index (χ4v) is 2.33. The molecule has 0 aliphatic heterocycles. The molecule has 2 rings (SSSR count). The number of rotatable bonds is 10. The molecule has 3 nitrogen and oxygen atoms in total. The predicted molar refractivity (Wildman–Crippen MR) is 83.5 cm³/mol. The molecule has 0 radical (unpaired) electrons. The lowest BCUT2D eigenvalue weighted by Crippen LogP contribution is -2.03. The first-order valence-electron chi connectivity index (χ1n) is 8.15. The Bertz CT molecular complexity index is 421. The summed E-state index contributed by atoms with van der Waals surface area (Å²) < 4.78 is 10.6. The van der Waals surface area contributed by atoms with Crippen molar-refractivity contribution in [3.05, 3.63) is 29.8 Å². The smallest absolute Gasteiger partial charge is 0.305 e. The highest BCUT2D eigenvalue weighted by Crippen LogP contribution is 2.32. The van der Waals surface area contributed by atoms with E-state index in [4.69, 9.17) is 9.47 Å². The normalized spacial score (nSPS) is 14.0. The summed E-state index contributed by atoms with van der Waals surface area (Å²) in [5, 5.41) is 0. The number of hydrogen-bond acceptors (Lipinski definition) is 3. The summed E-state index contributed by atoms with van der Waals surface area (Å²) in [4.78, 5) is 11.2. The van der Waals surface area contributed by atoms with Gasteiger partial charge in [0.15, 0.2) is 0 Å². The molecule has 0 heterocycles. The van der Waals surface area contributed by atoms with Crippen molar-refractivity contribution in [3.63, 3.8) is 0 Å². The Labute approximate surface area is 127 Å². The van der Waals surface area contributed by atoms with Crippen LogP contribution < -0.4 is 4.74 Å². The Kier molecular flexibility index (Phi) is 6.58. The van der Waals surface area contributed by atoms with Gasteiger partial charge in [0.2, 0.25) is 0 Å². The van der Waals surface area contributed by atoms with Crippen LogP contribution in [0.25, 0.3) is 0 Å². The van der Waals surface area contributed by atoms with Crippen LogP contribution >= 0.6 is 0 Å². The van der Waals surface area contributed by atoms with Crippen LogP contribution in [-0.4, -0.2) is 19.2 Å². The van der Waals surface area contributed by atoms with Crippen molar-refractivity contribution in [2.75, 3.05) is 13.2 Å². The van der Waals surface area contributed by atoms with Crippen molar-refractivity contribution in [1.29, 1.82) is 0 Å². The first-order chi connectivity index (χ1) is 10.3. The number of benzene rings is 1. The first kappa shape index (κ1) is 15.9. The van der Waals surface area contributed by atoms with Crippen molar-refractivity contribution in [2.45, 2.75) is 51.9 Å². The van der Waals surface area contributed by atoms with Crippen molar-refractivity contribution in [1.82, 2.24) is 0 Å². The molecule has 0 amide bonds. The zero-order valence-electron chi connectivity index (χ0n) is 13.0. The van der Waals surface area contributed by atoms with Gasteiger partial charge in [-0.15, -0.1) is 0 Å². The summed E-state index contributed by atoms with van der Waals surface area (Å²) in [6.07, 6.45) is 7.38. The number of ether oxygens (including phenoxy) is 2. The molecule has 1 aromatic rings. The summed E-state index contributed by atoms with van der Waals surface area (Å²) in [5.74, 6) is 1.80. The first-order valence-corrected chi connectivity index (χ1v) is 8.15. The van der Waals surface area contributed by atoms with Crippen molar-refractivity contribution >= 4 is 5.97 Å². The molecule has 0 bridgehead atoms. The Morgan fingerprint density at radius 2 is 1.95 bits per heavy atom. The molecule has 0 spiro atoms. The molecule has 0 N–H and O–H groups in total. The van der Waals surface area contributed by atoms with Crippen molar-refractivity contribution in [3.8, 4) is 5.75 Å². The highest BCUT2D eigenvalue weighted by Gasteiger charge is 2.20. The molecule has 3 heteroatoms. The fourth-order valence-electron chi connectivity index (χ4n) is 2.33. The van der Waals surface area contributed by atoms with Crippen LogP contribution in [0, 0.1) is 5.92 Å². The molecule has 116 valence electrons. The van der Waals surface area contributed by atoms with Crippen LogP contribution in [-0.2, 0) is 16.0 Å². The third-order valence-electron chi connectivity index (χ3n) is 3.82. The van der Waals surface area contributed by atoms with Crippen LogP contribution in [0.1, 0.15) is 51.0 Å². The SMILES string of the molecule is CCOC(=O)CCCCc1ccc(OCCC2CC2)cc1. The van der Waals surface area contributed by atoms with Gasteiger partial charge in [-0.25, -0.2) is 0 Å². The highest BCUT2D eigenvalue weighted by atomic mass is 16.5. The molecule has 1 saturated carbocycles. The Hall–Kier alpha value is -1.51. The summed E-state index contributed by atoms with van der Waals surface area (Å²) in [5.41, 5.74) is 1.30. The maximum Gasteiger partial charge on any atom is 0.305 e. The van der Waals surface area contributed by atoms with Gasteiger partial charge < -0.3 is 9.47 Å². The van der Waals surface area contributed by atoms with Gasteiger partial charge in [-0.2, -0.15) is 0 Å². The van der Waals surface area contributed by atoms with Gasteiger partial charge in [-0.05, 0) is 56.2 Å². The number of esters is 1. The summed E-state index contributed by atoms with van der Waals surface area (Å²) in [7, 11) is 0. The quantitative estimate of drug-likeness (QED) is 0.480. The maximum atomic E-state index is 11.2. The molecule has 1 aliphatic carbocycles. The minimum absolute atomic E-state index is 0.0862. The zero-order chi connectivity index (χ0) is 14.9. The van der Waals surface area contributed by atoms with Crippen LogP contribution in [0.5, 0.6) is 5.75 Å². The lowest BCUT2D eigenvalue weighted by atomic mass is 10.1. The second-order valence-electron chi connectivity index (χ2n) is 5.74. The Morgan fingerprint density at radius 1 is 1.19 bits per heavy atom. The van der Waals surface area contributed by atoms with Gasteiger partial charge in [-0.3, -0.25) is 4.79 Å². The van der Waals surface area contributed by atoms with E-state index in [1.807, 2.05) is 19.1 Å². The van der Waals surface area contributed by atoms with Gasteiger partial charge >= 0.3 is 5.97 Å². The lowest BCUT2D eigenvalue weighted by molar-refractivity contribution is -0.143. The van der Waals surface area contributed by atoms with Gasteiger partial charge in [0.05, 0.1) is 13.2 Å². The molecule has 0 aromatic heterocycles. The van der Waals surface area contributed by atoms with E-state index in [0.717, 1.165) is 37.5 Å². The topological polar surface area (TPSA) is 35.5 Å². The summed E-state index contributed by atoms with van der Waals surface area (Å²) in [6.45, 7) is 3.15. The van der Waals surface area contributed by atoms with E-state index in [2.05, 4.69) is 12.1 Å². The molecule has 1 aliphatic rings. The summed E-state index contributed by atoms with van der Waals surface area (Å²) in [6, 6.07) is 8.34. The van der Waals surface area contributed by atoms with E-state index in [-0.39, 0.29) is 5.97 Å². The Balaban J connectivity index is 1.59. The molecule has 0 unspecified atom stereocenters. The predicted octanol–water partition coefficient (Wildman–Crippen LogP) is 4.14. The average Bonchev–Trinajstić information content (AvgIpc) is 3.30. The highest BCUT2D eigenvalue weighted by molar-refractivity contribution is 5.69. The maximum absolute atomic E-state index is 11.2. The standard InChI is InChI=1S/C18H26O3/c1-2-20-18(19)6-4-3-5-15-9-11-17(12-10-15)21-14-13-16-7-8-16/h9-12,16H,2-8,13-14H2,1H3. The second-order valence-corrected chi connectivity index (χ2v) is 5.74. The zero-order valence-corrected chi connectivity index (χ0v) is 13.0. The van der Waals surface area contributed by atoms with Gasteiger partial charge in [-0.1, -0.05) is 25.0 Å². The summed E-state index contributed by atoms with van der Waals surface area (Å²) >= 11 is 0. The average molecular weight is 290 g/mol. The third kappa shape index (κ3) is 6.65. The third-order valence-corrected chi connectivity index (χ3v) is 3.82. The molecular weight excluding hydrogens is 264 g/mol. The number of aryl methyl sites for hydroxylation is 1. The van der Waals surface area contributed by atoms with E-state index < -0.39 is 0 Å². The van der Waals surface area contributed by atoms with E-state index in [9.17, 15) is 4.79 Å². The molecule has 0 saturated heterocycles. The minimum atomic E-state index is -0.0862. The Morgan fingerprint density at radius 3 is 2.62 bits per heavy atom. The van der Waals surface area contributed by atoms with Crippen LogP contribution in [0.4, 0.5) is 0 Å². The monoisotopic (exact) mass is 290 g/mol.